The fourth-order valence-corrected chi connectivity index (χ4v) is 2.80. The predicted octanol–water partition coefficient (Wildman–Crippen LogP) is 3.10. The van der Waals surface area contributed by atoms with Crippen LogP contribution in [0, 0.1) is 5.92 Å². The van der Waals surface area contributed by atoms with Gasteiger partial charge in [-0.2, -0.15) is 0 Å². The van der Waals surface area contributed by atoms with Crippen molar-refractivity contribution in [2.24, 2.45) is 5.92 Å². The molecule has 1 aromatic rings. The molecule has 0 amide bonds. The van der Waals surface area contributed by atoms with Crippen LogP contribution in [0.1, 0.15) is 38.7 Å². The molecule has 2 N–H and O–H groups in total. The molecule has 0 aromatic heterocycles. The number of hydrogen-bond acceptors (Lipinski definition) is 2. The SMILES string of the molecule is CC(Cc1ccc(O)cc1)NC1CCCC1C. The van der Waals surface area contributed by atoms with E-state index in [1.54, 1.807) is 12.1 Å². The van der Waals surface area contributed by atoms with Crippen LogP contribution < -0.4 is 5.32 Å². The van der Waals surface area contributed by atoms with E-state index < -0.39 is 0 Å². The maximum atomic E-state index is 9.24. The Labute approximate surface area is 104 Å². The first-order valence-corrected chi connectivity index (χ1v) is 6.69. The minimum atomic E-state index is 0.346. The fraction of sp³-hybridized carbons (Fsp3) is 0.600. The Balaban J connectivity index is 1.84. The smallest absolute Gasteiger partial charge is 0.115 e. The molecule has 1 aliphatic carbocycles. The Morgan fingerprint density at radius 2 is 2.00 bits per heavy atom. The maximum Gasteiger partial charge on any atom is 0.115 e. The molecule has 0 saturated heterocycles. The molecule has 0 radical (unpaired) electrons. The molecule has 1 saturated carbocycles. The third kappa shape index (κ3) is 3.47. The van der Waals surface area contributed by atoms with Crippen molar-refractivity contribution in [1.82, 2.24) is 5.32 Å². The van der Waals surface area contributed by atoms with Gasteiger partial charge in [-0.3, -0.25) is 0 Å². The van der Waals surface area contributed by atoms with Gasteiger partial charge < -0.3 is 10.4 Å². The Kier molecular flexibility index (Phi) is 4.06. The van der Waals surface area contributed by atoms with Crippen molar-refractivity contribution in [2.45, 2.75) is 51.6 Å². The molecule has 1 aliphatic rings. The van der Waals surface area contributed by atoms with E-state index in [-0.39, 0.29) is 0 Å². The number of rotatable bonds is 4. The Bertz CT molecular complexity index is 346. The van der Waals surface area contributed by atoms with Crippen LogP contribution >= 0.6 is 0 Å². The second kappa shape index (κ2) is 5.54. The van der Waals surface area contributed by atoms with Crippen LogP contribution in [-0.2, 0) is 6.42 Å². The number of benzene rings is 1. The lowest BCUT2D eigenvalue weighted by atomic mass is 10.0. The van der Waals surface area contributed by atoms with Crippen molar-refractivity contribution in [2.75, 3.05) is 0 Å². The van der Waals surface area contributed by atoms with Gasteiger partial charge in [0.05, 0.1) is 0 Å². The minimum Gasteiger partial charge on any atom is -0.508 e. The first kappa shape index (κ1) is 12.4. The van der Waals surface area contributed by atoms with Crippen LogP contribution in [0.4, 0.5) is 0 Å². The van der Waals surface area contributed by atoms with Gasteiger partial charge in [-0.1, -0.05) is 25.5 Å². The van der Waals surface area contributed by atoms with Gasteiger partial charge in [0.15, 0.2) is 0 Å². The average Bonchev–Trinajstić information content (AvgIpc) is 2.68. The molecule has 0 heterocycles. The van der Waals surface area contributed by atoms with Gasteiger partial charge in [0.2, 0.25) is 0 Å². The molecule has 1 fully saturated rings. The van der Waals surface area contributed by atoms with E-state index in [0.29, 0.717) is 17.8 Å². The largest absolute Gasteiger partial charge is 0.508 e. The van der Waals surface area contributed by atoms with E-state index in [9.17, 15) is 5.11 Å². The summed E-state index contributed by atoms with van der Waals surface area (Å²) in [6.07, 6.45) is 5.08. The molecule has 0 spiro atoms. The molecule has 2 nitrogen and oxygen atoms in total. The highest BCUT2D eigenvalue weighted by molar-refractivity contribution is 5.26. The van der Waals surface area contributed by atoms with E-state index in [2.05, 4.69) is 19.2 Å². The van der Waals surface area contributed by atoms with Gasteiger partial charge in [0.25, 0.3) is 0 Å². The molecule has 3 atom stereocenters. The molecular formula is C15H23NO. The third-order valence-electron chi connectivity index (χ3n) is 3.84. The summed E-state index contributed by atoms with van der Waals surface area (Å²) in [6, 6.07) is 8.74. The van der Waals surface area contributed by atoms with Crippen molar-refractivity contribution in [3.8, 4) is 5.75 Å². The lowest BCUT2D eigenvalue weighted by molar-refractivity contribution is 0.381. The number of nitrogens with one attached hydrogen (secondary N) is 1. The third-order valence-corrected chi connectivity index (χ3v) is 3.84. The summed E-state index contributed by atoms with van der Waals surface area (Å²) in [7, 11) is 0. The van der Waals surface area contributed by atoms with Crippen LogP contribution in [0.5, 0.6) is 5.75 Å². The summed E-state index contributed by atoms with van der Waals surface area (Å²) in [4.78, 5) is 0. The molecule has 0 aliphatic heterocycles. The van der Waals surface area contributed by atoms with Crippen LogP contribution in [0.25, 0.3) is 0 Å². The summed E-state index contributed by atoms with van der Waals surface area (Å²) in [5.74, 6) is 1.16. The lowest BCUT2D eigenvalue weighted by Crippen LogP contribution is -2.39. The molecule has 0 bridgehead atoms. The van der Waals surface area contributed by atoms with Gasteiger partial charge in [-0.05, 0) is 49.8 Å². The van der Waals surface area contributed by atoms with E-state index in [0.717, 1.165) is 12.3 Å². The first-order chi connectivity index (χ1) is 8.15. The van der Waals surface area contributed by atoms with E-state index in [1.165, 1.54) is 24.8 Å². The normalized spacial score (nSPS) is 26.0. The summed E-state index contributed by atoms with van der Waals surface area (Å²) >= 11 is 0. The summed E-state index contributed by atoms with van der Waals surface area (Å²) < 4.78 is 0. The quantitative estimate of drug-likeness (QED) is 0.837. The highest BCUT2D eigenvalue weighted by Crippen LogP contribution is 2.25. The zero-order valence-electron chi connectivity index (χ0n) is 10.8. The number of aromatic hydroxyl groups is 1. The van der Waals surface area contributed by atoms with Crippen molar-refractivity contribution in [1.29, 1.82) is 0 Å². The fourth-order valence-electron chi connectivity index (χ4n) is 2.80. The second-order valence-corrected chi connectivity index (χ2v) is 5.45. The molecule has 94 valence electrons. The van der Waals surface area contributed by atoms with E-state index in [1.807, 2.05) is 12.1 Å². The predicted molar refractivity (Wildman–Crippen MR) is 71.2 cm³/mol. The highest BCUT2D eigenvalue weighted by Gasteiger charge is 2.24. The minimum absolute atomic E-state index is 0.346. The van der Waals surface area contributed by atoms with Crippen molar-refractivity contribution >= 4 is 0 Å². The van der Waals surface area contributed by atoms with Crippen LogP contribution in [-0.4, -0.2) is 17.2 Å². The summed E-state index contributed by atoms with van der Waals surface area (Å²) in [6.45, 7) is 4.59. The van der Waals surface area contributed by atoms with Crippen molar-refractivity contribution in [3.05, 3.63) is 29.8 Å². The zero-order chi connectivity index (χ0) is 12.3. The second-order valence-electron chi connectivity index (χ2n) is 5.45. The van der Waals surface area contributed by atoms with Crippen molar-refractivity contribution in [3.63, 3.8) is 0 Å². The van der Waals surface area contributed by atoms with E-state index in [4.69, 9.17) is 0 Å². The van der Waals surface area contributed by atoms with Gasteiger partial charge in [0.1, 0.15) is 5.75 Å². The van der Waals surface area contributed by atoms with Gasteiger partial charge in [0, 0.05) is 12.1 Å². The van der Waals surface area contributed by atoms with E-state index >= 15 is 0 Å². The van der Waals surface area contributed by atoms with Crippen LogP contribution in [0.3, 0.4) is 0 Å². The molecule has 2 rings (SSSR count). The Morgan fingerprint density at radius 3 is 2.59 bits per heavy atom. The van der Waals surface area contributed by atoms with Gasteiger partial charge in [-0.15, -0.1) is 0 Å². The lowest BCUT2D eigenvalue weighted by Gasteiger charge is -2.23. The van der Waals surface area contributed by atoms with Crippen LogP contribution in [0.15, 0.2) is 24.3 Å². The number of hydrogen-bond donors (Lipinski definition) is 2. The first-order valence-electron chi connectivity index (χ1n) is 6.69. The zero-order valence-corrected chi connectivity index (χ0v) is 10.8. The average molecular weight is 233 g/mol. The summed E-state index contributed by atoms with van der Waals surface area (Å²) in [5, 5.41) is 13.0. The van der Waals surface area contributed by atoms with Crippen molar-refractivity contribution < 1.29 is 5.11 Å². The molecule has 3 unspecified atom stereocenters. The highest BCUT2D eigenvalue weighted by atomic mass is 16.3. The molecule has 17 heavy (non-hydrogen) atoms. The standard InChI is InChI=1S/C15H23NO/c1-11-4-3-5-15(11)16-12(2)10-13-6-8-14(17)9-7-13/h6-9,11-12,15-17H,3-5,10H2,1-2H3. The Hall–Kier alpha value is -1.02. The number of phenols is 1. The van der Waals surface area contributed by atoms with Gasteiger partial charge in [-0.25, -0.2) is 0 Å². The Morgan fingerprint density at radius 1 is 1.29 bits per heavy atom. The monoisotopic (exact) mass is 233 g/mol. The number of phenolic OH excluding ortho intramolecular Hbond substituents is 1. The summed E-state index contributed by atoms with van der Waals surface area (Å²) in [5.41, 5.74) is 1.29. The van der Waals surface area contributed by atoms with Gasteiger partial charge >= 0.3 is 0 Å². The van der Waals surface area contributed by atoms with Crippen LogP contribution in [0.2, 0.25) is 0 Å². The molecule has 1 aromatic carbocycles. The molecular weight excluding hydrogens is 210 g/mol. The molecule has 2 heteroatoms. The topological polar surface area (TPSA) is 32.3 Å². The maximum absolute atomic E-state index is 9.24.